The second kappa shape index (κ2) is 17.4. The van der Waals surface area contributed by atoms with Crippen LogP contribution < -0.4 is 0 Å². The smallest absolute Gasteiger partial charge is 0.0540 e. The molecule has 348 valence electrons. The van der Waals surface area contributed by atoms with Crippen LogP contribution in [0, 0.1) is 0 Å². The van der Waals surface area contributed by atoms with Crippen LogP contribution in [0.2, 0.25) is 0 Å². The molecule has 14 aromatic carbocycles. The van der Waals surface area contributed by atoms with Gasteiger partial charge in [0.1, 0.15) is 0 Å². The minimum Gasteiger partial charge on any atom is -0.309 e. The molecule has 15 rings (SSSR count). The van der Waals surface area contributed by atoms with Crippen molar-refractivity contribution in [2.45, 2.75) is 0 Å². The lowest BCUT2D eigenvalue weighted by molar-refractivity contribution is 1.13. The van der Waals surface area contributed by atoms with E-state index < -0.39 is 0 Å². The van der Waals surface area contributed by atoms with Crippen LogP contribution in [0.5, 0.6) is 0 Å². The van der Waals surface area contributed by atoms with Gasteiger partial charge in [0, 0.05) is 11.1 Å². The van der Waals surface area contributed by atoms with Crippen molar-refractivity contribution in [2.24, 2.45) is 0 Å². The molecular weight excluding hydrogens is 903 g/mol. The average Bonchev–Trinajstić information content (AvgIpc) is 3.89. The molecule has 0 unspecified atom stereocenters. The molecule has 0 aliphatic rings. The molecular formula is C74H47N. The van der Waals surface area contributed by atoms with Crippen molar-refractivity contribution in [1.29, 1.82) is 0 Å². The van der Waals surface area contributed by atoms with E-state index in [-0.39, 0.29) is 0 Å². The molecule has 1 heterocycles. The van der Waals surface area contributed by atoms with Gasteiger partial charge in [-0.3, -0.25) is 0 Å². The molecule has 0 N–H and O–H groups in total. The van der Waals surface area contributed by atoms with E-state index in [4.69, 9.17) is 0 Å². The molecule has 0 saturated heterocycles. The van der Waals surface area contributed by atoms with E-state index in [2.05, 4.69) is 290 Å². The third-order valence-corrected chi connectivity index (χ3v) is 15.7. The van der Waals surface area contributed by atoms with Gasteiger partial charge in [0.2, 0.25) is 0 Å². The van der Waals surface area contributed by atoms with Crippen molar-refractivity contribution >= 4 is 75.5 Å². The van der Waals surface area contributed by atoms with Crippen molar-refractivity contribution in [2.75, 3.05) is 0 Å². The summed E-state index contributed by atoms with van der Waals surface area (Å²) >= 11 is 0. The van der Waals surface area contributed by atoms with E-state index in [0.29, 0.717) is 0 Å². The van der Waals surface area contributed by atoms with Crippen LogP contribution in [-0.4, -0.2) is 4.57 Å². The molecule has 15 aromatic rings. The molecule has 1 aromatic heterocycles. The molecule has 0 atom stereocenters. The predicted octanol–water partition coefficient (Wildman–Crippen LogP) is 20.6. The SMILES string of the molecule is c1ccc(-n2c(-c3ccc(-c4c5ccccc5c(-c5cccc(-c6ccc7c(-c8ccc9ccccc9c8)c8ccccc8c(-c8ccc9ccccc9c8)c7c6)c5)c5ccccc45)cc3)cc3ccccc32)cc1. The number of nitrogens with zero attached hydrogens (tertiary/aromatic N) is 1. The van der Waals surface area contributed by atoms with Crippen LogP contribution in [0.25, 0.3) is 148 Å². The molecule has 1 nitrogen and oxygen atoms in total. The van der Waals surface area contributed by atoms with Crippen LogP contribution in [-0.2, 0) is 0 Å². The van der Waals surface area contributed by atoms with Crippen molar-refractivity contribution in [3.63, 3.8) is 0 Å². The molecule has 0 fully saturated rings. The van der Waals surface area contributed by atoms with Gasteiger partial charge < -0.3 is 4.57 Å². The summed E-state index contributed by atoms with van der Waals surface area (Å²) in [4.78, 5) is 0. The van der Waals surface area contributed by atoms with E-state index in [1.807, 2.05) is 0 Å². The van der Waals surface area contributed by atoms with Crippen molar-refractivity contribution in [3.8, 4) is 72.6 Å². The first-order valence-corrected chi connectivity index (χ1v) is 26.0. The number of fused-ring (bicyclic) bond motifs is 7. The van der Waals surface area contributed by atoms with E-state index in [1.54, 1.807) is 0 Å². The van der Waals surface area contributed by atoms with Gasteiger partial charge in [0.05, 0.1) is 11.2 Å². The van der Waals surface area contributed by atoms with Gasteiger partial charge in [-0.1, -0.05) is 237 Å². The predicted molar refractivity (Wildman–Crippen MR) is 321 cm³/mol. The van der Waals surface area contributed by atoms with Gasteiger partial charge in [0.25, 0.3) is 0 Å². The van der Waals surface area contributed by atoms with Crippen LogP contribution in [0.3, 0.4) is 0 Å². The summed E-state index contributed by atoms with van der Waals surface area (Å²) in [5, 5.41) is 16.1. The van der Waals surface area contributed by atoms with Gasteiger partial charge >= 0.3 is 0 Å². The van der Waals surface area contributed by atoms with Gasteiger partial charge in [-0.05, 0) is 174 Å². The summed E-state index contributed by atoms with van der Waals surface area (Å²) in [5.41, 5.74) is 16.9. The van der Waals surface area contributed by atoms with Crippen molar-refractivity contribution in [3.05, 3.63) is 285 Å². The lowest BCUT2D eigenvalue weighted by Gasteiger charge is -2.20. The van der Waals surface area contributed by atoms with E-state index in [1.165, 1.54) is 142 Å². The monoisotopic (exact) mass is 949 g/mol. The minimum absolute atomic E-state index is 1.15. The Bertz CT molecular complexity index is 4690. The van der Waals surface area contributed by atoms with E-state index in [0.717, 1.165) is 5.69 Å². The first-order chi connectivity index (χ1) is 37.2. The highest BCUT2D eigenvalue weighted by Gasteiger charge is 2.21. The van der Waals surface area contributed by atoms with E-state index >= 15 is 0 Å². The highest BCUT2D eigenvalue weighted by atomic mass is 15.0. The fraction of sp³-hybridized carbons (Fsp3) is 0. The van der Waals surface area contributed by atoms with Gasteiger partial charge in [-0.25, -0.2) is 0 Å². The standard InChI is InChI=1S/C74H47N/c1-2-24-60(25-3-1)75-69-32-15-8-21-56(69)47-70(75)50-35-37-51(38-36-50)71-61-26-9-11-28-63(61)72(64-29-12-10-27-62(64)71)57-23-16-22-54(45-57)55-41-42-67-68(46-55)74(59-40-34-49-18-5-7-20-53(49)44-59)66-31-14-13-30-65(66)73(67)58-39-33-48-17-4-6-19-52(48)43-58/h1-47H. The summed E-state index contributed by atoms with van der Waals surface area (Å²) in [5.74, 6) is 0. The fourth-order valence-corrected chi connectivity index (χ4v) is 12.3. The molecule has 0 amide bonds. The topological polar surface area (TPSA) is 4.93 Å². The second-order valence-electron chi connectivity index (χ2n) is 19.9. The average molecular weight is 950 g/mol. The van der Waals surface area contributed by atoms with Gasteiger partial charge in [-0.2, -0.15) is 0 Å². The number of para-hydroxylation sites is 2. The Hall–Kier alpha value is -9.82. The third kappa shape index (κ3) is 7.08. The maximum atomic E-state index is 2.46. The zero-order valence-electron chi connectivity index (χ0n) is 41.1. The maximum Gasteiger partial charge on any atom is 0.0540 e. The Balaban J connectivity index is 0.897. The largest absolute Gasteiger partial charge is 0.309 e. The normalized spacial score (nSPS) is 11.7. The Labute approximate surface area is 435 Å². The lowest BCUT2D eigenvalue weighted by Crippen LogP contribution is -1.96. The Kier molecular flexibility index (Phi) is 9.96. The quantitative estimate of drug-likeness (QED) is 0.140. The first kappa shape index (κ1) is 42.8. The van der Waals surface area contributed by atoms with Crippen molar-refractivity contribution < 1.29 is 0 Å². The van der Waals surface area contributed by atoms with Gasteiger partial charge in [-0.15, -0.1) is 0 Å². The molecule has 0 radical (unpaired) electrons. The number of aromatic nitrogens is 1. The highest BCUT2D eigenvalue weighted by Crippen LogP contribution is 2.48. The molecule has 0 spiro atoms. The molecule has 0 saturated carbocycles. The molecule has 0 aliphatic carbocycles. The van der Waals surface area contributed by atoms with Crippen LogP contribution in [0.15, 0.2) is 285 Å². The Morgan fingerprint density at radius 3 is 1.15 bits per heavy atom. The molecule has 0 bridgehead atoms. The number of hydrogen-bond donors (Lipinski definition) is 0. The summed E-state index contributed by atoms with van der Waals surface area (Å²) in [6.45, 7) is 0. The zero-order chi connectivity index (χ0) is 49.4. The summed E-state index contributed by atoms with van der Waals surface area (Å²) in [7, 11) is 0. The summed E-state index contributed by atoms with van der Waals surface area (Å²) in [6.07, 6.45) is 0. The van der Waals surface area contributed by atoms with E-state index in [9.17, 15) is 0 Å². The first-order valence-electron chi connectivity index (χ1n) is 26.0. The lowest BCUT2D eigenvalue weighted by atomic mass is 9.83. The summed E-state index contributed by atoms with van der Waals surface area (Å²) in [6, 6.07) is 106. The number of benzene rings is 14. The Morgan fingerprint density at radius 1 is 0.187 bits per heavy atom. The highest BCUT2D eigenvalue weighted by molar-refractivity contribution is 6.24. The van der Waals surface area contributed by atoms with Crippen LogP contribution in [0.1, 0.15) is 0 Å². The molecule has 1 heteroatoms. The third-order valence-electron chi connectivity index (χ3n) is 15.7. The minimum atomic E-state index is 1.15. The van der Waals surface area contributed by atoms with Crippen molar-refractivity contribution in [1.82, 2.24) is 4.57 Å². The zero-order valence-corrected chi connectivity index (χ0v) is 41.1. The summed E-state index contributed by atoms with van der Waals surface area (Å²) < 4.78 is 2.38. The number of rotatable bonds is 7. The van der Waals surface area contributed by atoms with Crippen LogP contribution in [0.4, 0.5) is 0 Å². The number of hydrogen-bond acceptors (Lipinski definition) is 0. The maximum absolute atomic E-state index is 2.46. The van der Waals surface area contributed by atoms with Gasteiger partial charge in [0.15, 0.2) is 0 Å². The molecule has 75 heavy (non-hydrogen) atoms. The second-order valence-corrected chi connectivity index (χ2v) is 19.9. The Morgan fingerprint density at radius 2 is 0.573 bits per heavy atom. The fourth-order valence-electron chi connectivity index (χ4n) is 12.3. The van der Waals surface area contributed by atoms with Crippen LogP contribution >= 0.6 is 0 Å². The molecule has 0 aliphatic heterocycles.